The molecule has 0 spiro atoms. The van der Waals surface area contributed by atoms with Gasteiger partial charge in [-0.1, -0.05) is 173 Å². The molecule has 1 aliphatic rings. The van der Waals surface area contributed by atoms with Crippen LogP contribution in [0.25, 0.3) is 0 Å². The Hall–Kier alpha value is -3.18. The van der Waals surface area contributed by atoms with Gasteiger partial charge >= 0.3 is 0 Å². The second-order valence-corrected chi connectivity index (χ2v) is 29.7. The number of thioether (sulfide) groups is 4. The van der Waals surface area contributed by atoms with E-state index >= 15 is 0 Å². The molecular weight excluding hydrogens is 969 g/mol. The van der Waals surface area contributed by atoms with Gasteiger partial charge in [0.25, 0.3) is 0 Å². The fraction of sp³-hybridized carbons (Fsp3) is 0.581. The number of fused-ring (bicyclic) bond motifs is 8. The Kier molecular flexibility index (Phi) is 19.7. The molecule has 1 aliphatic heterocycles. The summed E-state index contributed by atoms with van der Waals surface area (Å²) in [5.74, 6) is 9.34. The minimum absolute atomic E-state index is 0.0163. The normalized spacial score (nSPS) is 15.1. The Morgan fingerprint density at radius 2 is 0.528 bits per heavy atom. The fourth-order valence-corrected chi connectivity index (χ4v) is 12.2. The van der Waals surface area contributed by atoms with Crippen molar-refractivity contribution in [1.82, 2.24) is 0 Å². The first-order valence-electron chi connectivity index (χ1n) is 25.6. The molecule has 0 unspecified atom stereocenters. The molecule has 5 rings (SSSR count). The Bertz CT molecular complexity index is 2270. The van der Waals surface area contributed by atoms with Gasteiger partial charge in [-0.2, -0.15) is 47.0 Å². The number of methoxy groups -OCH3 is 2. The molecule has 10 heteroatoms. The highest BCUT2D eigenvalue weighted by Gasteiger charge is 2.29. The molecule has 0 radical (unpaired) electrons. The van der Waals surface area contributed by atoms with Gasteiger partial charge in [-0.15, -0.1) is 0 Å². The first-order valence-corrected chi connectivity index (χ1v) is 30.2. The largest absolute Gasteiger partial charge is 0.496 e. The van der Waals surface area contributed by atoms with E-state index in [2.05, 4.69) is 132 Å². The number of hydrogen-bond acceptors (Lipinski definition) is 10. The second-order valence-electron chi connectivity index (χ2n) is 25.8. The van der Waals surface area contributed by atoms with Gasteiger partial charge in [-0.05, 0) is 43.9 Å². The summed E-state index contributed by atoms with van der Waals surface area (Å²) in [6, 6.07) is 18.6. The van der Waals surface area contributed by atoms with Gasteiger partial charge in [0.05, 0.1) is 14.2 Å². The van der Waals surface area contributed by atoms with Crippen LogP contribution in [0.5, 0.6) is 23.0 Å². The lowest BCUT2D eigenvalue weighted by atomic mass is 9.85. The summed E-state index contributed by atoms with van der Waals surface area (Å²) in [5, 5.41) is 0. The fourth-order valence-electron chi connectivity index (χ4n) is 8.29. The molecule has 1 heterocycles. The first kappa shape index (κ1) is 59.7. The van der Waals surface area contributed by atoms with E-state index in [1.165, 1.54) is 22.3 Å². The minimum Gasteiger partial charge on any atom is -0.496 e. The lowest BCUT2D eigenvalue weighted by molar-refractivity contribution is -0.129. The molecule has 0 fully saturated rings. The van der Waals surface area contributed by atoms with Crippen molar-refractivity contribution in [3.63, 3.8) is 0 Å². The number of carbonyl (C=O) groups excluding carboxylic acids is 2. The average Bonchev–Trinajstić information content (AvgIpc) is 3.25. The van der Waals surface area contributed by atoms with Crippen LogP contribution in [-0.2, 0) is 77.3 Å². The molecule has 0 amide bonds. The highest BCUT2D eigenvalue weighted by Crippen LogP contribution is 2.44. The van der Waals surface area contributed by atoms with Gasteiger partial charge in [0.1, 0.15) is 36.2 Å². The molecule has 0 aliphatic carbocycles. The van der Waals surface area contributed by atoms with Crippen molar-refractivity contribution in [3.8, 4) is 23.0 Å². The zero-order chi connectivity index (χ0) is 53.8. The third-order valence-electron chi connectivity index (χ3n) is 13.3. The molecule has 0 saturated heterocycles. The summed E-state index contributed by atoms with van der Waals surface area (Å²) in [7, 11) is 3.59. The van der Waals surface area contributed by atoms with E-state index in [0.717, 1.165) is 90.5 Å². The minimum atomic E-state index is -0.523. The maximum atomic E-state index is 13.5. The molecule has 4 aromatic carbocycles. The zero-order valence-electron chi connectivity index (χ0n) is 47.8. The molecular formula is C62H88O6S4. The number of ether oxygens (including phenoxy) is 4. The van der Waals surface area contributed by atoms with E-state index in [1.807, 2.05) is 88.6 Å². The average molecular weight is 1060 g/mol. The predicted octanol–water partition coefficient (Wildman–Crippen LogP) is 16.9. The molecule has 0 saturated carbocycles. The summed E-state index contributed by atoms with van der Waals surface area (Å²) in [4.78, 5) is 27.0. The molecule has 8 bridgehead atoms. The van der Waals surface area contributed by atoms with Crippen LogP contribution in [-0.4, -0.2) is 39.0 Å². The summed E-state index contributed by atoms with van der Waals surface area (Å²) < 4.78 is 26.2. The first-order chi connectivity index (χ1) is 33.2. The van der Waals surface area contributed by atoms with Crippen LogP contribution in [0.4, 0.5) is 0 Å². The van der Waals surface area contributed by atoms with Crippen LogP contribution < -0.4 is 18.9 Å². The van der Waals surface area contributed by atoms with Crippen LogP contribution >= 0.6 is 47.0 Å². The van der Waals surface area contributed by atoms with Gasteiger partial charge < -0.3 is 18.9 Å². The van der Waals surface area contributed by atoms with Gasteiger partial charge in [0.15, 0.2) is 11.6 Å². The van der Waals surface area contributed by atoms with Crippen molar-refractivity contribution >= 4 is 58.6 Å². The van der Waals surface area contributed by atoms with Crippen LogP contribution in [0.15, 0.2) is 48.5 Å². The van der Waals surface area contributed by atoms with E-state index in [9.17, 15) is 9.59 Å². The molecule has 72 heavy (non-hydrogen) atoms. The van der Waals surface area contributed by atoms with Crippen molar-refractivity contribution in [3.05, 3.63) is 115 Å². The monoisotopic (exact) mass is 1060 g/mol. The molecule has 0 N–H and O–H groups in total. The summed E-state index contributed by atoms with van der Waals surface area (Å²) >= 11 is 7.42. The lowest BCUT2D eigenvalue weighted by Gasteiger charge is -2.26. The standard InChI is InChI=1S/C62H88O6S4/c1-57(2,3)47-21-39-31-69-35-43-25-49(59(7,8)9)27-45(55(43)67-29-51(63)61(13,14)15)37-71-33-41-23-48(58(4,5)6)24-42(54(41)66-20)34-72-38-46-28-50(60(10,11)12)26-44(36-70-32-40(22-47)53(39)65-19)56(46)68-30-52(64)62(16,17)18/h21-28H,29-38H2,1-20H3. The van der Waals surface area contributed by atoms with Crippen molar-refractivity contribution in [2.24, 2.45) is 10.8 Å². The Balaban J connectivity index is 1.72. The third kappa shape index (κ3) is 15.9. The molecule has 0 aromatic heterocycles. The Morgan fingerprint density at radius 3 is 0.681 bits per heavy atom. The lowest BCUT2D eigenvalue weighted by Crippen LogP contribution is -2.26. The highest BCUT2D eigenvalue weighted by atomic mass is 32.2. The van der Waals surface area contributed by atoms with Crippen molar-refractivity contribution in [1.29, 1.82) is 0 Å². The van der Waals surface area contributed by atoms with Gasteiger partial charge in [0, 0.05) is 101 Å². The topological polar surface area (TPSA) is 71.1 Å². The number of hydrogen-bond donors (Lipinski definition) is 0. The van der Waals surface area contributed by atoms with Crippen LogP contribution in [0, 0.1) is 10.8 Å². The van der Waals surface area contributed by atoms with Crippen LogP contribution in [0.1, 0.15) is 191 Å². The van der Waals surface area contributed by atoms with E-state index in [-0.39, 0.29) is 46.4 Å². The maximum Gasteiger partial charge on any atom is 0.175 e. The quantitative estimate of drug-likeness (QED) is 0.170. The second kappa shape index (κ2) is 23.8. The molecule has 396 valence electrons. The number of rotatable bonds is 8. The number of carbonyl (C=O) groups is 2. The Morgan fingerprint density at radius 1 is 0.347 bits per heavy atom. The molecule has 6 nitrogen and oxygen atoms in total. The van der Waals surface area contributed by atoms with Gasteiger partial charge in [0.2, 0.25) is 0 Å². The van der Waals surface area contributed by atoms with Gasteiger partial charge in [-0.25, -0.2) is 0 Å². The maximum absolute atomic E-state index is 13.5. The smallest absolute Gasteiger partial charge is 0.175 e. The van der Waals surface area contributed by atoms with E-state index in [4.69, 9.17) is 18.9 Å². The van der Waals surface area contributed by atoms with Crippen molar-refractivity contribution < 1.29 is 28.5 Å². The van der Waals surface area contributed by atoms with Crippen LogP contribution in [0.2, 0.25) is 0 Å². The summed E-state index contributed by atoms with van der Waals surface area (Å²) in [6.45, 7) is 39.1. The van der Waals surface area contributed by atoms with Crippen molar-refractivity contribution in [2.75, 3.05) is 27.4 Å². The molecule has 0 atom stereocenters. The van der Waals surface area contributed by atoms with E-state index in [1.54, 1.807) is 14.2 Å². The van der Waals surface area contributed by atoms with Gasteiger partial charge in [-0.3, -0.25) is 9.59 Å². The predicted molar refractivity (Wildman–Crippen MR) is 314 cm³/mol. The number of benzene rings is 4. The zero-order valence-corrected chi connectivity index (χ0v) is 51.0. The van der Waals surface area contributed by atoms with Crippen LogP contribution in [0.3, 0.4) is 0 Å². The highest BCUT2D eigenvalue weighted by molar-refractivity contribution is 7.98. The van der Waals surface area contributed by atoms with Crippen molar-refractivity contribution in [2.45, 2.75) is 192 Å². The summed E-state index contributed by atoms with van der Waals surface area (Å²) in [6.07, 6.45) is 0. The summed E-state index contributed by atoms with van der Waals surface area (Å²) in [5.41, 5.74) is 12.7. The number of ketones is 2. The SMILES string of the molecule is COc1c2cc(C(C)(C)C)cc1CSCc1cc(C(C)(C)C)cc(c1OCC(=O)C(C)(C)C)CSCc1cc(C(C)(C)C)cc(c1OC)CSCc1cc(C(C)(C)C)cc(c1OCC(=O)C(C)(C)C)CSC2. The third-order valence-corrected chi connectivity index (χ3v) is 17.4. The van der Waals surface area contributed by atoms with E-state index in [0.29, 0.717) is 23.0 Å². The number of Topliss-reactive ketones (excluding diaryl/α,β-unsaturated/α-hetero) is 2. The molecule has 4 aromatic rings. The Labute approximate surface area is 453 Å². The van der Waals surface area contributed by atoms with E-state index < -0.39 is 10.8 Å².